The van der Waals surface area contributed by atoms with E-state index in [9.17, 15) is 4.79 Å². The van der Waals surface area contributed by atoms with Gasteiger partial charge in [-0.05, 0) is 0 Å². The molecule has 10 fully saturated rings. The molecule has 0 N–H and O–H groups in total. The van der Waals surface area contributed by atoms with Gasteiger partial charge in [0.2, 0.25) is 0 Å². The van der Waals surface area contributed by atoms with Gasteiger partial charge in [-0.1, -0.05) is 11.8 Å². The first-order chi connectivity index (χ1) is 13.0. The van der Waals surface area contributed by atoms with Crippen LogP contribution >= 0.6 is 11.8 Å². The van der Waals surface area contributed by atoms with Crippen molar-refractivity contribution in [2.24, 2.45) is 0 Å². The van der Waals surface area contributed by atoms with Gasteiger partial charge < -0.3 is 0 Å². The quantitative estimate of drug-likeness (QED) is 0.217. The normalized spacial score (nSPS) is 79.4. The van der Waals surface area contributed by atoms with E-state index in [0.717, 1.165) is 5.75 Å². The molecule has 1 spiro atoms. The van der Waals surface area contributed by atoms with Gasteiger partial charge in [-0.2, -0.15) is 0 Å². The molecule has 0 aromatic carbocycles. The molecule has 10 heterocycles. The summed E-state index contributed by atoms with van der Waals surface area (Å²) in [5, 5.41) is 0.281. The van der Waals surface area contributed by atoms with Crippen LogP contribution in [0.3, 0.4) is 0 Å². The Morgan fingerprint density at radius 2 is 1.15 bits per heavy atom. The maximum absolute atomic E-state index is 10.9. The number of rotatable bonds is 13. The second-order valence-electron chi connectivity index (χ2n) is 14.5. The monoisotopic (exact) mass is 428 g/mol. The molecule has 152 valence electrons. The molecule has 10 saturated heterocycles. The molecule has 0 aliphatic carbocycles. The summed E-state index contributed by atoms with van der Waals surface area (Å²) in [4.78, 5) is 24.7. The van der Waals surface area contributed by atoms with Crippen LogP contribution in [0.2, 0.25) is 47.7 Å². The molecule has 10 aliphatic heterocycles. The summed E-state index contributed by atoms with van der Waals surface area (Å²) in [7, 11) is 0. The van der Waals surface area contributed by atoms with Crippen LogP contribution in [0.15, 0.2) is 0 Å². The molecule has 4 atom stereocenters. The Morgan fingerprint density at radius 1 is 0.704 bits per heavy atom. The molecule has 27 heavy (non-hydrogen) atoms. The molecule has 4 unspecified atom stereocenters. The third-order valence-corrected chi connectivity index (χ3v) is 62.2. The summed E-state index contributed by atoms with van der Waals surface area (Å²) in [5.41, 5.74) is 0. The van der Waals surface area contributed by atoms with Gasteiger partial charge in [0.1, 0.15) is 0 Å². The van der Waals surface area contributed by atoms with Crippen molar-refractivity contribution in [1.29, 1.82) is 0 Å². The van der Waals surface area contributed by atoms with Gasteiger partial charge in [0.05, 0.1) is 0 Å². The minimum absolute atomic E-state index is 0.281. The second kappa shape index (κ2) is 1.94. The van der Waals surface area contributed by atoms with E-state index in [2.05, 4.69) is 0 Å². The Labute approximate surface area is 158 Å². The Kier molecular flexibility index (Phi) is 1.04. The zero-order valence-corrected chi connectivity index (χ0v) is 18.8. The number of carbonyl (C=O) groups is 1. The number of hydrogen-bond donors (Lipinski definition) is 0. The van der Waals surface area contributed by atoms with Crippen molar-refractivity contribution in [3.63, 3.8) is 0 Å². The fraction of sp³-hybridized carbons (Fsp3) is 0.958. The van der Waals surface area contributed by atoms with E-state index in [-0.39, 0.29) is 5.12 Å². The predicted molar refractivity (Wildman–Crippen MR) is 110 cm³/mol. The van der Waals surface area contributed by atoms with Crippen molar-refractivity contribution in [1.82, 2.24) is 0 Å². The van der Waals surface area contributed by atoms with Crippen molar-refractivity contribution in [2.45, 2.75) is 125 Å². The van der Waals surface area contributed by atoms with Gasteiger partial charge >= 0.3 is 125 Å². The van der Waals surface area contributed by atoms with Gasteiger partial charge in [0.25, 0.3) is 0 Å². The van der Waals surface area contributed by atoms with Crippen LogP contribution in [0.25, 0.3) is 0 Å². The van der Waals surface area contributed by atoms with E-state index in [1.165, 1.54) is 77.1 Å². The Balaban J connectivity index is 0.675. The first kappa shape index (κ1) is 14.5. The number of fused-ring (bicyclic) bond motifs is 10. The standard InChI is InChI=1S/C19H31OS.C5H5.Fe/c1-18(20)21-17-13-9-7-5-3-2-4-6-8-10-14-19-15-11-12-16-19;1-2-4-5-3-1;/h11-12,15-16H,2-10,13-14,17H2,1H3;1-5H;. The second-order valence-corrected chi connectivity index (χ2v) is 39.4. The van der Waals surface area contributed by atoms with E-state index < -0.39 is 6.51 Å². The maximum atomic E-state index is 10.9. The van der Waals surface area contributed by atoms with E-state index in [1.807, 2.05) is 0 Å². The Morgan fingerprint density at radius 3 is 1.52 bits per heavy atom. The van der Waals surface area contributed by atoms with Gasteiger partial charge in [-0.25, -0.2) is 0 Å². The van der Waals surface area contributed by atoms with Gasteiger partial charge in [0, 0.05) is 12.7 Å². The fourth-order valence-corrected chi connectivity index (χ4v) is 95.5. The van der Waals surface area contributed by atoms with Gasteiger partial charge in [0.15, 0.2) is 5.12 Å². The van der Waals surface area contributed by atoms with Crippen molar-refractivity contribution < 1.29 is 11.3 Å². The number of hydrogen-bond acceptors (Lipinski definition) is 2. The Hall–Kier alpha value is 0.539. The van der Waals surface area contributed by atoms with E-state index in [4.69, 9.17) is 0 Å². The van der Waals surface area contributed by atoms with Crippen LogP contribution in [0, 0.1) is 0 Å². The molecule has 0 aromatic heterocycles. The van der Waals surface area contributed by atoms with E-state index in [1.54, 1.807) is 59.9 Å². The average Bonchev–Trinajstić information content (AvgIpc) is 3.59. The molecule has 0 amide bonds. The van der Waals surface area contributed by atoms with Crippen molar-refractivity contribution >= 4 is 16.9 Å². The van der Waals surface area contributed by atoms with E-state index in [0.29, 0.717) is 0 Å². The molecule has 0 saturated carbocycles. The summed E-state index contributed by atoms with van der Waals surface area (Å²) >= 11 is 1.50. The number of unbranched alkanes of at least 4 members (excludes halogenated alkanes) is 9. The zero-order valence-electron chi connectivity index (χ0n) is 16.9. The molecule has 10 rings (SSSR count). The number of carbonyl (C=O) groups excluding carboxylic acids is 1. The van der Waals surface area contributed by atoms with Crippen molar-refractivity contribution in [2.75, 3.05) is 5.75 Å². The molecular formula is C24H36FeOS. The summed E-state index contributed by atoms with van der Waals surface area (Å²) in [6, 6.07) is 0. The van der Waals surface area contributed by atoms with Gasteiger partial charge in [-0.15, -0.1) is 0 Å². The van der Waals surface area contributed by atoms with Gasteiger partial charge in [-0.3, -0.25) is 4.79 Å². The molecule has 0 bridgehead atoms. The van der Waals surface area contributed by atoms with Crippen LogP contribution in [-0.4, -0.2) is 10.9 Å². The average molecular weight is 428 g/mol. The zero-order chi connectivity index (χ0) is 17.8. The van der Waals surface area contributed by atoms with Crippen LogP contribution < -0.4 is 0 Å². The molecule has 0 aromatic rings. The van der Waals surface area contributed by atoms with Crippen LogP contribution in [0.5, 0.6) is 0 Å². The number of thioether (sulfide) groups is 1. The minimum atomic E-state index is -2.69. The van der Waals surface area contributed by atoms with Crippen molar-refractivity contribution in [3.05, 3.63) is 0 Å². The topological polar surface area (TPSA) is 17.1 Å². The van der Waals surface area contributed by atoms with Crippen LogP contribution in [0.1, 0.15) is 77.6 Å². The van der Waals surface area contributed by atoms with Crippen LogP contribution in [-0.2, 0) is 11.3 Å². The molecule has 3 heteroatoms. The first-order valence-corrected chi connectivity index (χ1v) is 19.6. The molecular weight excluding hydrogens is 392 g/mol. The third-order valence-electron chi connectivity index (χ3n) is 18.2. The third kappa shape index (κ3) is 0.301. The summed E-state index contributed by atoms with van der Waals surface area (Å²) < 4.78 is 1.21. The van der Waals surface area contributed by atoms with Crippen molar-refractivity contribution in [3.8, 4) is 0 Å². The molecule has 0 radical (unpaired) electrons. The fourth-order valence-electron chi connectivity index (χ4n) is 19.5. The SMILES string of the molecule is CC(=O)SCCCCCCCCCCCC[C]12[CH]3[CH]4[CH]5[CH]1[Fe]45321678[CH]2[CH]1[CH]6[CH]7[CH]28. The predicted octanol–water partition coefficient (Wildman–Crippen LogP) is 8.32. The first-order valence-electron chi connectivity index (χ1n) is 12.3. The summed E-state index contributed by atoms with van der Waals surface area (Å²) in [5.74, 6) is 1.04. The molecule has 1 nitrogen and oxygen atoms in total. The summed E-state index contributed by atoms with van der Waals surface area (Å²) in [6.45, 7) is -1.01. The Bertz CT molecular complexity index is 1060. The van der Waals surface area contributed by atoms with E-state index >= 15 is 0 Å². The van der Waals surface area contributed by atoms with Crippen LogP contribution in [0.4, 0.5) is 0 Å². The summed E-state index contributed by atoms with van der Waals surface area (Å²) in [6.07, 6.45) is 16.3. The molecule has 10 aliphatic rings.